The fraction of sp³-hybridized carbons (Fsp3) is 0.500. The van der Waals surface area contributed by atoms with E-state index in [2.05, 4.69) is 17.0 Å². The lowest BCUT2D eigenvalue weighted by molar-refractivity contribution is 0.178. The van der Waals surface area contributed by atoms with Crippen molar-refractivity contribution in [2.75, 3.05) is 41.0 Å². The lowest BCUT2D eigenvalue weighted by atomic mass is 9.84. The van der Waals surface area contributed by atoms with Crippen LogP contribution in [0.4, 0.5) is 4.39 Å². The summed E-state index contributed by atoms with van der Waals surface area (Å²) in [4.78, 5) is 2.51. The van der Waals surface area contributed by atoms with Crippen LogP contribution in [0.2, 0.25) is 0 Å². The highest BCUT2D eigenvalue weighted by molar-refractivity contribution is 5.85. The molecule has 1 saturated carbocycles. The molecule has 30 heavy (non-hydrogen) atoms. The molecule has 0 aromatic heterocycles. The predicted octanol–water partition coefficient (Wildman–Crippen LogP) is 5.06. The van der Waals surface area contributed by atoms with Crippen molar-refractivity contribution in [1.29, 1.82) is 0 Å². The molecule has 4 nitrogen and oxygen atoms in total. The van der Waals surface area contributed by atoms with E-state index in [1.54, 1.807) is 14.2 Å². The predicted molar refractivity (Wildman–Crippen MR) is 119 cm³/mol. The molecule has 164 valence electrons. The summed E-state index contributed by atoms with van der Waals surface area (Å²) in [5.74, 6) is 2.05. The fourth-order valence-electron chi connectivity index (χ4n) is 4.62. The van der Waals surface area contributed by atoms with Crippen molar-refractivity contribution in [3.05, 3.63) is 52.8 Å². The van der Waals surface area contributed by atoms with Crippen LogP contribution >= 0.6 is 12.4 Å². The van der Waals surface area contributed by atoms with E-state index in [-0.39, 0.29) is 29.9 Å². The molecule has 1 aliphatic carbocycles. The molecular weight excluding hydrogens is 405 g/mol. The van der Waals surface area contributed by atoms with Gasteiger partial charge in [0.05, 0.1) is 21.3 Å². The standard InChI is InChI=1S/C24H30FNO3.ClH/c1-27-18-9-7-17(8-10-18)21-15-26(14-16-5-4-6-16)12-11-19-20(21)13-22(28-2)24(29-3)23(19)25;/h7-10,13,16,21H,4-6,11-12,14-15H2,1-3H3;1H. The molecule has 0 radical (unpaired) electrons. The maximum atomic E-state index is 15.4. The van der Waals surface area contributed by atoms with E-state index >= 15 is 4.39 Å². The Morgan fingerprint density at radius 3 is 2.33 bits per heavy atom. The Balaban J connectivity index is 0.00000256. The summed E-state index contributed by atoms with van der Waals surface area (Å²) in [7, 11) is 4.72. The highest BCUT2D eigenvalue weighted by atomic mass is 35.5. The third kappa shape index (κ3) is 4.37. The Morgan fingerprint density at radius 1 is 1.03 bits per heavy atom. The first kappa shape index (κ1) is 22.7. The minimum absolute atomic E-state index is 0. The van der Waals surface area contributed by atoms with Crippen LogP contribution in [0.5, 0.6) is 17.2 Å². The van der Waals surface area contributed by atoms with Crippen LogP contribution in [0.3, 0.4) is 0 Å². The smallest absolute Gasteiger partial charge is 0.197 e. The summed E-state index contributed by atoms with van der Waals surface area (Å²) >= 11 is 0. The molecule has 1 aliphatic heterocycles. The van der Waals surface area contributed by atoms with Gasteiger partial charge in [0.25, 0.3) is 0 Å². The van der Waals surface area contributed by atoms with E-state index < -0.39 is 0 Å². The molecule has 1 fully saturated rings. The molecule has 1 atom stereocenters. The van der Waals surface area contributed by atoms with Crippen molar-refractivity contribution < 1.29 is 18.6 Å². The van der Waals surface area contributed by atoms with Gasteiger partial charge in [0, 0.05) is 25.6 Å². The summed E-state index contributed by atoms with van der Waals surface area (Å²) in [6, 6.07) is 10.1. The van der Waals surface area contributed by atoms with Crippen molar-refractivity contribution in [1.82, 2.24) is 4.90 Å². The van der Waals surface area contributed by atoms with E-state index in [9.17, 15) is 0 Å². The van der Waals surface area contributed by atoms with E-state index in [1.165, 1.54) is 31.9 Å². The van der Waals surface area contributed by atoms with Crippen molar-refractivity contribution in [3.63, 3.8) is 0 Å². The molecule has 0 amide bonds. The SMILES string of the molecule is COc1ccc(C2CN(CC3CCC3)CCc3c2cc(OC)c(OC)c3F)cc1.Cl. The number of hydrogen-bond acceptors (Lipinski definition) is 4. The molecule has 0 saturated heterocycles. The van der Waals surface area contributed by atoms with Crippen molar-refractivity contribution >= 4 is 12.4 Å². The van der Waals surface area contributed by atoms with Crippen LogP contribution in [0.1, 0.15) is 41.9 Å². The van der Waals surface area contributed by atoms with Crippen LogP contribution in [0.25, 0.3) is 0 Å². The number of hydrogen-bond donors (Lipinski definition) is 0. The van der Waals surface area contributed by atoms with E-state index in [4.69, 9.17) is 14.2 Å². The molecule has 6 heteroatoms. The zero-order chi connectivity index (χ0) is 20.4. The minimum Gasteiger partial charge on any atom is -0.497 e. The van der Waals surface area contributed by atoms with Crippen molar-refractivity contribution in [2.24, 2.45) is 5.92 Å². The normalized spacial score (nSPS) is 19.1. The largest absolute Gasteiger partial charge is 0.497 e. The quantitative estimate of drug-likeness (QED) is 0.634. The molecule has 2 aliphatic rings. The van der Waals surface area contributed by atoms with Gasteiger partial charge in [0.15, 0.2) is 17.3 Å². The average molecular weight is 436 g/mol. The van der Waals surface area contributed by atoms with Gasteiger partial charge in [-0.3, -0.25) is 0 Å². The number of benzene rings is 2. The summed E-state index contributed by atoms with van der Waals surface area (Å²) in [6.45, 7) is 2.84. The zero-order valence-corrected chi connectivity index (χ0v) is 18.8. The maximum absolute atomic E-state index is 15.4. The molecule has 4 rings (SSSR count). The molecular formula is C24H31ClFNO3. The Hall–Kier alpha value is -1.98. The molecule has 0 bridgehead atoms. The first-order valence-corrected chi connectivity index (χ1v) is 10.4. The first-order chi connectivity index (χ1) is 14.1. The first-order valence-electron chi connectivity index (χ1n) is 10.4. The third-order valence-corrected chi connectivity index (χ3v) is 6.50. The Kier molecular flexibility index (Phi) is 7.48. The molecule has 0 spiro atoms. The van der Waals surface area contributed by atoms with Crippen LogP contribution in [-0.2, 0) is 6.42 Å². The highest BCUT2D eigenvalue weighted by Crippen LogP contribution is 2.42. The van der Waals surface area contributed by atoms with E-state index in [0.717, 1.165) is 42.4 Å². The number of ether oxygens (including phenoxy) is 3. The third-order valence-electron chi connectivity index (χ3n) is 6.50. The number of nitrogens with zero attached hydrogens (tertiary/aromatic N) is 1. The molecule has 1 heterocycles. The fourth-order valence-corrected chi connectivity index (χ4v) is 4.62. The second-order valence-electron chi connectivity index (χ2n) is 8.13. The summed E-state index contributed by atoms with van der Waals surface area (Å²) in [5, 5.41) is 0. The monoisotopic (exact) mass is 435 g/mol. The number of rotatable bonds is 6. The number of halogens is 2. The van der Waals surface area contributed by atoms with Crippen LogP contribution in [0.15, 0.2) is 30.3 Å². The van der Waals surface area contributed by atoms with Gasteiger partial charge >= 0.3 is 0 Å². The van der Waals surface area contributed by atoms with Gasteiger partial charge in [0.1, 0.15) is 5.75 Å². The second-order valence-corrected chi connectivity index (χ2v) is 8.13. The maximum Gasteiger partial charge on any atom is 0.197 e. The van der Waals surface area contributed by atoms with Crippen LogP contribution in [-0.4, -0.2) is 45.9 Å². The topological polar surface area (TPSA) is 30.9 Å². The van der Waals surface area contributed by atoms with E-state index in [0.29, 0.717) is 12.2 Å². The summed E-state index contributed by atoms with van der Waals surface area (Å²) in [5.41, 5.74) is 2.92. The van der Waals surface area contributed by atoms with Crippen molar-refractivity contribution in [3.8, 4) is 17.2 Å². The lowest BCUT2D eigenvalue weighted by Crippen LogP contribution is -2.35. The Labute approximate surface area is 184 Å². The Morgan fingerprint density at radius 2 is 1.77 bits per heavy atom. The summed E-state index contributed by atoms with van der Waals surface area (Å²) < 4.78 is 31.5. The van der Waals surface area contributed by atoms with Gasteiger partial charge in [-0.05, 0) is 60.1 Å². The highest BCUT2D eigenvalue weighted by Gasteiger charge is 2.31. The molecule has 1 unspecified atom stereocenters. The number of methoxy groups -OCH3 is 3. The Bertz CT molecular complexity index is 855. The number of fused-ring (bicyclic) bond motifs is 1. The van der Waals surface area contributed by atoms with Crippen LogP contribution in [0, 0.1) is 11.7 Å². The summed E-state index contributed by atoms with van der Waals surface area (Å²) in [6.07, 6.45) is 4.64. The molecule has 2 aromatic rings. The van der Waals surface area contributed by atoms with Gasteiger partial charge in [-0.25, -0.2) is 4.39 Å². The van der Waals surface area contributed by atoms with Gasteiger partial charge in [-0.1, -0.05) is 18.6 Å². The molecule has 2 aromatic carbocycles. The van der Waals surface area contributed by atoms with Crippen LogP contribution < -0.4 is 14.2 Å². The van der Waals surface area contributed by atoms with Gasteiger partial charge in [-0.2, -0.15) is 0 Å². The lowest BCUT2D eigenvalue weighted by Gasteiger charge is -2.33. The van der Waals surface area contributed by atoms with Gasteiger partial charge in [-0.15, -0.1) is 12.4 Å². The second kappa shape index (κ2) is 9.88. The van der Waals surface area contributed by atoms with Gasteiger partial charge < -0.3 is 19.1 Å². The van der Waals surface area contributed by atoms with Crippen molar-refractivity contribution in [2.45, 2.75) is 31.6 Å². The minimum atomic E-state index is -0.286. The van der Waals surface area contributed by atoms with Gasteiger partial charge in [0.2, 0.25) is 0 Å². The zero-order valence-electron chi connectivity index (χ0n) is 17.9. The molecule has 0 N–H and O–H groups in total. The van der Waals surface area contributed by atoms with E-state index in [1.807, 2.05) is 18.2 Å². The average Bonchev–Trinajstić information content (AvgIpc) is 2.90.